The van der Waals surface area contributed by atoms with E-state index in [9.17, 15) is 13.2 Å². The Hall–Kier alpha value is -1.73. The molecule has 3 nitrogen and oxygen atoms in total. The van der Waals surface area contributed by atoms with Crippen LogP contribution in [0.5, 0.6) is 0 Å². The van der Waals surface area contributed by atoms with Crippen LogP contribution in [0.25, 0.3) is 16.7 Å². The Morgan fingerprint density at radius 1 is 1.10 bits per heavy atom. The van der Waals surface area contributed by atoms with Crippen molar-refractivity contribution in [2.75, 3.05) is 5.73 Å². The highest BCUT2D eigenvalue weighted by Gasteiger charge is 2.19. The first-order valence-electron chi connectivity index (χ1n) is 5.66. The number of nitrogen functional groups attached to an aromatic ring is 1. The van der Waals surface area contributed by atoms with Crippen LogP contribution in [0.2, 0.25) is 5.02 Å². The molecule has 0 radical (unpaired) electrons. The molecule has 0 aliphatic heterocycles. The van der Waals surface area contributed by atoms with Crippen LogP contribution in [0.3, 0.4) is 0 Å². The van der Waals surface area contributed by atoms with Gasteiger partial charge in [-0.3, -0.25) is 4.57 Å². The van der Waals surface area contributed by atoms with E-state index in [4.69, 9.17) is 17.3 Å². The summed E-state index contributed by atoms with van der Waals surface area (Å²) in [6, 6.07) is 4.16. The molecule has 0 aliphatic carbocycles. The zero-order valence-corrected chi connectivity index (χ0v) is 12.5. The Labute approximate surface area is 130 Å². The quantitative estimate of drug-likeness (QED) is 0.682. The smallest absolute Gasteiger partial charge is 0.206 e. The van der Waals surface area contributed by atoms with Crippen molar-refractivity contribution in [3.8, 4) is 5.69 Å². The predicted octanol–water partition coefficient (Wildman–Crippen LogP) is 4.44. The van der Waals surface area contributed by atoms with Crippen LogP contribution in [0.4, 0.5) is 19.1 Å². The molecule has 0 amide bonds. The van der Waals surface area contributed by atoms with E-state index in [2.05, 4.69) is 20.9 Å². The van der Waals surface area contributed by atoms with Crippen LogP contribution < -0.4 is 5.73 Å². The fraction of sp³-hybridized carbons (Fsp3) is 0. The van der Waals surface area contributed by atoms with E-state index in [1.165, 1.54) is 6.07 Å². The first-order chi connectivity index (χ1) is 9.88. The number of rotatable bonds is 1. The number of anilines is 1. The second-order valence-corrected chi connectivity index (χ2v) is 5.54. The van der Waals surface area contributed by atoms with E-state index in [0.717, 1.165) is 16.7 Å². The average molecular weight is 377 g/mol. The number of aromatic nitrogens is 2. The van der Waals surface area contributed by atoms with Gasteiger partial charge in [-0.1, -0.05) is 11.6 Å². The van der Waals surface area contributed by atoms with E-state index < -0.39 is 17.5 Å². The van der Waals surface area contributed by atoms with Gasteiger partial charge in [0.15, 0.2) is 5.82 Å². The number of hydrogen-bond acceptors (Lipinski definition) is 2. The molecular formula is C13H6BrClF3N3. The molecule has 1 aromatic heterocycles. The highest BCUT2D eigenvalue weighted by Crippen LogP contribution is 2.32. The normalized spacial score (nSPS) is 11.3. The number of halogens is 5. The molecule has 0 atom stereocenters. The number of benzene rings is 2. The van der Waals surface area contributed by atoms with Crippen LogP contribution in [-0.4, -0.2) is 9.55 Å². The van der Waals surface area contributed by atoms with E-state index in [-0.39, 0.29) is 26.6 Å². The fourth-order valence-electron chi connectivity index (χ4n) is 2.07. The zero-order valence-electron chi connectivity index (χ0n) is 10.2. The molecule has 2 N–H and O–H groups in total. The summed E-state index contributed by atoms with van der Waals surface area (Å²) in [4.78, 5) is 4.02. The predicted molar refractivity (Wildman–Crippen MR) is 78.1 cm³/mol. The number of nitrogens with two attached hydrogens (primary N) is 1. The summed E-state index contributed by atoms with van der Waals surface area (Å²) in [5.74, 6) is -2.40. The van der Waals surface area contributed by atoms with Gasteiger partial charge in [-0.2, -0.15) is 0 Å². The fourth-order valence-corrected chi connectivity index (χ4v) is 2.68. The number of imidazole rings is 1. The first-order valence-corrected chi connectivity index (χ1v) is 6.83. The van der Waals surface area contributed by atoms with Crippen LogP contribution in [-0.2, 0) is 0 Å². The second kappa shape index (κ2) is 4.92. The maximum Gasteiger partial charge on any atom is 0.206 e. The van der Waals surface area contributed by atoms with Crippen LogP contribution >= 0.6 is 27.5 Å². The highest BCUT2D eigenvalue weighted by molar-refractivity contribution is 9.10. The first kappa shape index (κ1) is 14.2. The summed E-state index contributed by atoms with van der Waals surface area (Å²) in [6.07, 6.45) is 0. The maximum absolute atomic E-state index is 14.0. The minimum absolute atomic E-state index is 0.0880. The van der Waals surface area contributed by atoms with Gasteiger partial charge < -0.3 is 5.73 Å². The van der Waals surface area contributed by atoms with Crippen molar-refractivity contribution in [1.82, 2.24) is 9.55 Å². The highest BCUT2D eigenvalue weighted by atomic mass is 79.9. The standard InChI is InChI=1S/C13H6BrClF3N3/c14-6-3-10-11(4-8(6)17)21(13(19)20-10)12-7(15)1-5(16)2-9(12)18/h1-4H,(H2,19,20). The number of fused-ring (bicyclic) bond motifs is 1. The van der Waals surface area contributed by atoms with E-state index >= 15 is 0 Å². The minimum Gasteiger partial charge on any atom is -0.369 e. The summed E-state index contributed by atoms with van der Waals surface area (Å²) < 4.78 is 42.2. The third-order valence-electron chi connectivity index (χ3n) is 2.93. The second-order valence-electron chi connectivity index (χ2n) is 4.28. The molecule has 21 heavy (non-hydrogen) atoms. The average Bonchev–Trinajstić information content (AvgIpc) is 2.66. The zero-order chi connectivity index (χ0) is 15.3. The lowest BCUT2D eigenvalue weighted by molar-refractivity contribution is 0.579. The van der Waals surface area contributed by atoms with Crippen LogP contribution in [0, 0.1) is 17.5 Å². The largest absolute Gasteiger partial charge is 0.369 e. The lowest BCUT2D eigenvalue weighted by Gasteiger charge is -2.10. The van der Waals surface area contributed by atoms with Gasteiger partial charge in [-0.05, 0) is 28.1 Å². The van der Waals surface area contributed by atoms with Gasteiger partial charge in [0.2, 0.25) is 5.95 Å². The topological polar surface area (TPSA) is 43.8 Å². The Kier molecular flexibility index (Phi) is 3.33. The van der Waals surface area contributed by atoms with Crippen molar-refractivity contribution in [3.63, 3.8) is 0 Å². The van der Waals surface area contributed by atoms with Crippen molar-refractivity contribution < 1.29 is 13.2 Å². The molecule has 0 saturated carbocycles. The molecule has 0 spiro atoms. The van der Waals surface area contributed by atoms with Gasteiger partial charge >= 0.3 is 0 Å². The van der Waals surface area contributed by atoms with Gasteiger partial charge in [0.1, 0.15) is 17.3 Å². The van der Waals surface area contributed by atoms with Gasteiger partial charge in [-0.15, -0.1) is 0 Å². The van der Waals surface area contributed by atoms with Crippen molar-refractivity contribution in [2.45, 2.75) is 0 Å². The summed E-state index contributed by atoms with van der Waals surface area (Å²) in [6.45, 7) is 0. The monoisotopic (exact) mass is 375 g/mol. The summed E-state index contributed by atoms with van der Waals surface area (Å²) in [5, 5.41) is -0.193. The van der Waals surface area contributed by atoms with Gasteiger partial charge in [-0.25, -0.2) is 18.2 Å². The summed E-state index contributed by atoms with van der Waals surface area (Å²) in [7, 11) is 0. The molecule has 0 bridgehead atoms. The maximum atomic E-state index is 14.0. The minimum atomic E-state index is -0.922. The Balaban J connectivity index is 2.41. The number of hydrogen-bond donors (Lipinski definition) is 1. The van der Waals surface area contributed by atoms with E-state index in [0.29, 0.717) is 11.6 Å². The lowest BCUT2D eigenvalue weighted by Crippen LogP contribution is -2.04. The Morgan fingerprint density at radius 2 is 1.81 bits per heavy atom. The van der Waals surface area contributed by atoms with Crippen molar-refractivity contribution in [2.24, 2.45) is 0 Å². The van der Waals surface area contributed by atoms with Crippen molar-refractivity contribution in [3.05, 3.63) is 51.2 Å². The molecule has 0 unspecified atom stereocenters. The third kappa shape index (κ3) is 2.26. The van der Waals surface area contributed by atoms with Crippen molar-refractivity contribution in [1.29, 1.82) is 0 Å². The van der Waals surface area contributed by atoms with Gasteiger partial charge in [0.25, 0.3) is 0 Å². The van der Waals surface area contributed by atoms with Crippen molar-refractivity contribution >= 4 is 44.5 Å². The molecule has 0 fully saturated rings. The lowest BCUT2D eigenvalue weighted by atomic mass is 10.2. The van der Waals surface area contributed by atoms with E-state index in [1.807, 2.05) is 0 Å². The molecule has 108 valence electrons. The molecule has 3 aromatic rings. The molecule has 2 aromatic carbocycles. The Bertz CT molecular complexity index is 856. The number of nitrogens with zero attached hydrogens (tertiary/aromatic N) is 2. The molecule has 0 aliphatic rings. The molecule has 8 heteroatoms. The molecular weight excluding hydrogens is 371 g/mol. The summed E-state index contributed by atoms with van der Waals surface area (Å²) >= 11 is 8.91. The molecule has 1 heterocycles. The van der Waals surface area contributed by atoms with Crippen LogP contribution in [0.15, 0.2) is 28.7 Å². The SMILES string of the molecule is Nc1nc2cc(Br)c(F)cc2n1-c1c(F)cc(F)cc1Cl. The van der Waals surface area contributed by atoms with Gasteiger partial charge in [0.05, 0.1) is 20.5 Å². The van der Waals surface area contributed by atoms with E-state index in [1.54, 1.807) is 0 Å². The van der Waals surface area contributed by atoms with Crippen LogP contribution in [0.1, 0.15) is 0 Å². The molecule has 3 rings (SSSR count). The molecule has 0 saturated heterocycles. The third-order valence-corrected chi connectivity index (χ3v) is 3.82. The van der Waals surface area contributed by atoms with Gasteiger partial charge in [0, 0.05) is 12.1 Å². The summed E-state index contributed by atoms with van der Waals surface area (Å²) in [5.41, 5.74) is 6.15. The Morgan fingerprint density at radius 3 is 2.48 bits per heavy atom.